The van der Waals surface area contributed by atoms with E-state index in [2.05, 4.69) is 39.8 Å². The highest BCUT2D eigenvalue weighted by Crippen LogP contribution is 2.22. The molecule has 0 fully saturated rings. The first-order valence-corrected chi connectivity index (χ1v) is 7.43. The minimum atomic E-state index is 0.785. The zero-order valence-corrected chi connectivity index (χ0v) is 13.5. The van der Waals surface area contributed by atoms with E-state index in [0.29, 0.717) is 0 Å². The molecule has 1 rings (SSSR count). The van der Waals surface area contributed by atoms with Gasteiger partial charge in [0.05, 0.1) is 22.5 Å². The van der Waals surface area contributed by atoms with Crippen LogP contribution in [0.1, 0.15) is 32.2 Å². The van der Waals surface area contributed by atoms with E-state index in [1.165, 1.54) is 5.69 Å². The monoisotopic (exact) mass is 317 g/mol. The molecule has 18 heavy (non-hydrogen) atoms. The standard InChI is InChI=1S/C13H24BrN3O/c1-5-11-13(14)12(16(4)15-11)10-17(6-2)8-9-18-7-3/h5-10H2,1-4H3. The smallest absolute Gasteiger partial charge is 0.0767 e. The van der Waals surface area contributed by atoms with Crippen LogP contribution in [0.5, 0.6) is 0 Å². The fraction of sp³-hybridized carbons (Fsp3) is 0.769. The van der Waals surface area contributed by atoms with Crippen LogP contribution in [0.2, 0.25) is 0 Å². The first-order chi connectivity index (χ1) is 8.63. The summed E-state index contributed by atoms with van der Waals surface area (Å²) in [6.45, 7) is 10.8. The third-order valence-corrected chi connectivity index (χ3v) is 3.99. The highest BCUT2D eigenvalue weighted by Gasteiger charge is 2.14. The number of aromatic nitrogens is 2. The molecule has 0 aliphatic rings. The molecule has 1 aromatic rings. The van der Waals surface area contributed by atoms with Crippen molar-refractivity contribution in [2.24, 2.45) is 7.05 Å². The van der Waals surface area contributed by atoms with Gasteiger partial charge in [-0.25, -0.2) is 0 Å². The highest BCUT2D eigenvalue weighted by atomic mass is 79.9. The second-order valence-electron chi connectivity index (χ2n) is 4.25. The van der Waals surface area contributed by atoms with Crippen LogP contribution in [0, 0.1) is 0 Å². The van der Waals surface area contributed by atoms with E-state index in [-0.39, 0.29) is 0 Å². The Bertz CT molecular complexity index is 365. The summed E-state index contributed by atoms with van der Waals surface area (Å²) in [5.74, 6) is 0. The first kappa shape index (κ1) is 15.7. The number of ether oxygens (including phenoxy) is 1. The van der Waals surface area contributed by atoms with E-state index in [0.717, 1.165) is 49.4 Å². The normalized spacial score (nSPS) is 11.4. The number of likely N-dealkylation sites (N-methyl/N-ethyl adjacent to an activating group) is 1. The zero-order valence-electron chi connectivity index (χ0n) is 11.9. The number of hydrogen-bond acceptors (Lipinski definition) is 3. The van der Waals surface area contributed by atoms with Crippen LogP contribution >= 0.6 is 15.9 Å². The lowest BCUT2D eigenvalue weighted by atomic mass is 10.3. The van der Waals surface area contributed by atoms with Gasteiger partial charge in [-0.1, -0.05) is 13.8 Å². The van der Waals surface area contributed by atoms with Crippen molar-refractivity contribution in [3.05, 3.63) is 15.9 Å². The molecule has 0 aliphatic heterocycles. The lowest BCUT2D eigenvalue weighted by Gasteiger charge is -2.20. The van der Waals surface area contributed by atoms with E-state index < -0.39 is 0 Å². The Kier molecular flexibility index (Phi) is 6.89. The maximum atomic E-state index is 5.41. The van der Waals surface area contributed by atoms with Crippen molar-refractivity contribution < 1.29 is 4.74 Å². The molecule has 0 saturated carbocycles. The van der Waals surface area contributed by atoms with Crippen LogP contribution in [0.25, 0.3) is 0 Å². The fourth-order valence-corrected chi connectivity index (χ4v) is 2.63. The molecule has 104 valence electrons. The predicted octanol–water partition coefficient (Wildman–Crippen LogP) is 2.60. The van der Waals surface area contributed by atoms with Gasteiger partial charge in [0.15, 0.2) is 0 Å². The van der Waals surface area contributed by atoms with Crippen molar-refractivity contribution in [3.63, 3.8) is 0 Å². The summed E-state index contributed by atoms with van der Waals surface area (Å²) < 4.78 is 8.55. The fourth-order valence-electron chi connectivity index (χ4n) is 1.89. The van der Waals surface area contributed by atoms with Crippen molar-refractivity contribution in [1.82, 2.24) is 14.7 Å². The van der Waals surface area contributed by atoms with E-state index >= 15 is 0 Å². The van der Waals surface area contributed by atoms with Crippen molar-refractivity contribution in [2.45, 2.75) is 33.7 Å². The van der Waals surface area contributed by atoms with Gasteiger partial charge in [0.25, 0.3) is 0 Å². The Morgan fingerprint density at radius 1 is 1.33 bits per heavy atom. The molecule has 0 aliphatic carbocycles. The third-order valence-electron chi connectivity index (χ3n) is 3.08. The van der Waals surface area contributed by atoms with Gasteiger partial charge >= 0.3 is 0 Å². The Hall–Kier alpha value is -0.390. The highest BCUT2D eigenvalue weighted by molar-refractivity contribution is 9.10. The van der Waals surface area contributed by atoms with Crippen LogP contribution in [0.3, 0.4) is 0 Å². The largest absolute Gasteiger partial charge is 0.380 e. The van der Waals surface area contributed by atoms with Crippen LogP contribution in [-0.2, 0) is 24.8 Å². The predicted molar refractivity (Wildman–Crippen MR) is 77.7 cm³/mol. The summed E-state index contributed by atoms with van der Waals surface area (Å²) in [7, 11) is 2.01. The Labute approximate surface area is 118 Å². The number of halogens is 1. The van der Waals surface area contributed by atoms with Gasteiger partial charge in [0.2, 0.25) is 0 Å². The van der Waals surface area contributed by atoms with Crippen molar-refractivity contribution >= 4 is 15.9 Å². The quantitative estimate of drug-likeness (QED) is 0.690. The maximum Gasteiger partial charge on any atom is 0.0767 e. The van der Waals surface area contributed by atoms with Gasteiger partial charge in [0, 0.05) is 26.7 Å². The topological polar surface area (TPSA) is 30.3 Å². The van der Waals surface area contributed by atoms with Gasteiger partial charge < -0.3 is 4.74 Å². The summed E-state index contributed by atoms with van der Waals surface area (Å²) in [6, 6.07) is 0. The van der Waals surface area contributed by atoms with Crippen molar-refractivity contribution in [3.8, 4) is 0 Å². The summed E-state index contributed by atoms with van der Waals surface area (Å²) in [6.07, 6.45) is 0.958. The first-order valence-electron chi connectivity index (χ1n) is 6.64. The summed E-state index contributed by atoms with van der Waals surface area (Å²) in [5.41, 5.74) is 2.37. The van der Waals surface area contributed by atoms with Gasteiger partial charge in [-0.05, 0) is 35.8 Å². The van der Waals surface area contributed by atoms with Gasteiger partial charge in [-0.3, -0.25) is 9.58 Å². The number of aryl methyl sites for hydroxylation is 2. The molecular weight excluding hydrogens is 294 g/mol. The number of hydrogen-bond donors (Lipinski definition) is 0. The second kappa shape index (κ2) is 7.92. The molecular formula is C13H24BrN3O. The van der Waals surface area contributed by atoms with E-state index in [4.69, 9.17) is 4.74 Å². The lowest BCUT2D eigenvalue weighted by Crippen LogP contribution is -2.28. The Balaban J connectivity index is 2.66. The molecule has 0 spiro atoms. The molecule has 0 radical (unpaired) electrons. The molecule has 0 aromatic carbocycles. The summed E-state index contributed by atoms with van der Waals surface area (Å²) in [4.78, 5) is 2.37. The maximum absolute atomic E-state index is 5.41. The van der Waals surface area contributed by atoms with E-state index in [9.17, 15) is 0 Å². The molecule has 4 nitrogen and oxygen atoms in total. The molecule has 0 unspecified atom stereocenters. The van der Waals surface area contributed by atoms with Crippen LogP contribution in [-0.4, -0.2) is 41.0 Å². The summed E-state index contributed by atoms with van der Waals surface area (Å²) >= 11 is 3.66. The van der Waals surface area contributed by atoms with Gasteiger partial charge in [0.1, 0.15) is 0 Å². The third kappa shape index (κ3) is 4.07. The Morgan fingerprint density at radius 2 is 2.06 bits per heavy atom. The zero-order chi connectivity index (χ0) is 13.5. The lowest BCUT2D eigenvalue weighted by molar-refractivity contribution is 0.112. The van der Waals surface area contributed by atoms with Crippen LogP contribution in [0.4, 0.5) is 0 Å². The molecule has 0 atom stereocenters. The van der Waals surface area contributed by atoms with Gasteiger partial charge in [-0.2, -0.15) is 5.10 Å². The van der Waals surface area contributed by atoms with Gasteiger partial charge in [-0.15, -0.1) is 0 Å². The van der Waals surface area contributed by atoms with Crippen molar-refractivity contribution in [2.75, 3.05) is 26.3 Å². The second-order valence-corrected chi connectivity index (χ2v) is 5.04. The number of nitrogens with zero attached hydrogens (tertiary/aromatic N) is 3. The molecule has 0 saturated heterocycles. The molecule has 1 aromatic heterocycles. The molecule has 0 bridgehead atoms. The van der Waals surface area contributed by atoms with E-state index in [1.807, 2.05) is 18.7 Å². The number of rotatable bonds is 8. The van der Waals surface area contributed by atoms with Crippen LogP contribution < -0.4 is 0 Å². The summed E-state index contributed by atoms with van der Waals surface area (Å²) in [5, 5.41) is 4.52. The minimum Gasteiger partial charge on any atom is -0.380 e. The average Bonchev–Trinajstić information content (AvgIpc) is 2.64. The van der Waals surface area contributed by atoms with Crippen LogP contribution in [0.15, 0.2) is 4.47 Å². The molecule has 0 amide bonds. The minimum absolute atomic E-state index is 0.785. The molecule has 1 heterocycles. The van der Waals surface area contributed by atoms with E-state index in [1.54, 1.807) is 0 Å². The average molecular weight is 318 g/mol. The Morgan fingerprint density at radius 3 is 2.56 bits per heavy atom. The SMILES string of the molecule is CCOCCN(CC)Cc1c(Br)c(CC)nn1C. The molecule has 5 heteroatoms. The molecule has 0 N–H and O–H groups in total. The van der Waals surface area contributed by atoms with Crippen molar-refractivity contribution in [1.29, 1.82) is 0 Å².